The second-order valence-corrected chi connectivity index (χ2v) is 8.24. The van der Waals surface area contributed by atoms with E-state index in [1.807, 2.05) is 17.0 Å². The first kappa shape index (κ1) is 23.0. The van der Waals surface area contributed by atoms with Gasteiger partial charge in [0.2, 0.25) is 11.9 Å². The number of amides is 2. The van der Waals surface area contributed by atoms with Crippen LogP contribution >= 0.6 is 0 Å². The molecule has 13 nitrogen and oxygen atoms in total. The van der Waals surface area contributed by atoms with Crippen molar-refractivity contribution in [3.63, 3.8) is 0 Å². The maximum absolute atomic E-state index is 12.0. The predicted octanol–water partition coefficient (Wildman–Crippen LogP) is 1.23. The molecule has 36 heavy (non-hydrogen) atoms. The van der Waals surface area contributed by atoms with Gasteiger partial charge < -0.3 is 35.7 Å². The predicted molar refractivity (Wildman–Crippen MR) is 131 cm³/mol. The summed E-state index contributed by atoms with van der Waals surface area (Å²) in [7, 11) is 2.91. The van der Waals surface area contributed by atoms with E-state index in [1.54, 1.807) is 39.9 Å². The lowest BCUT2D eigenvalue weighted by Crippen LogP contribution is -2.41. The number of anilines is 3. The molecular formula is C23H25N9O4. The first-order valence-electron chi connectivity index (χ1n) is 11.2. The molecule has 1 aromatic carbocycles. The third-order valence-electron chi connectivity index (χ3n) is 6.07. The molecule has 4 aromatic rings. The molecule has 1 fully saturated rings. The summed E-state index contributed by atoms with van der Waals surface area (Å²) < 4.78 is 14.0. The number of aromatic nitrogens is 5. The summed E-state index contributed by atoms with van der Waals surface area (Å²) in [5.74, 6) is 0.938. The fourth-order valence-electron chi connectivity index (χ4n) is 4.42. The lowest BCUT2D eigenvalue weighted by molar-refractivity contribution is -0.119. The Morgan fingerprint density at radius 2 is 2.03 bits per heavy atom. The van der Waals surface area contributed by atoms with E-state index in [9.17, 15) is 9.59 Å². The second-order valence-electron chi connectivity index (χ2n) is 8.24. The van der Waals surface area contributed by atoms with Gasteiger partial charge in [-0.05, 0) is 31.0 Å². The Morgan fingerprint density at radius 3 is 2.75 bits per heavy atom. The van der Waals surface area contributed by atoms with Crippen LogP contribution in [0.2, 0.25) is 0 Å². The van der Waals surface area contributed by atoms with E-state index in [-0.39, 0.29) is 17.2 Å². The van der Waals surface area contributed by atoms with E-state index in [4.69, 9.17) is 20.9 Å². The molecule has 1 saturated heterocycles. The van der Waals surface area contributed by atoms with E-state index in [0.717, 1.165) is 11.9 Å². The monoisotopic (exact) mass is 491 g/mol. The lowest BCUT2D eigenvalue weighted by Gasteiger charge is -2.24. The van der Waals surface area contributed by atoms with Gasteiger partial charge in [0, 0.05) is 18.8 Å². The molecule has 0 aliphatic carbocycles. The zero-order chi connectivity index (χ0) is 25.4. The van der Waals surface area contributed by atoms with Gasteiger partial charge in [-0.3, -0.25) is 9.59 Å². The zero-order valence-corrected chi connectivity index (χ0v) is 19.7. The molecule has 3 aromatic heterocycles. The Balaban J connectivity index is 1.48. The van der Waals surface area contributed by atoms with Crippen molar-refractivity contribution < 1.29 is 19.1 Å². The van der Waals surface area contributed by atoms with Crippen molar-refractivity contribution in [3.05, 3.63) is 48.5 Å². The minimum Gasteiger partial charge on any atom is -0.493 e. The average molecular weight is 492 g/mol. The molecule has 0 saturated carbocycles. The van der Waals surface area contributed by atoms with Crippen LogP contribution in [0.15, 0.2) is 43.0 Å². The molecule has 1 atom stereocenters. The molecule has 0 radical (unpaired) electrons. The van der Waals surface area contributed by atoms with Gasteiger partial charge in [0.25, 0.3) is 5.91 Å². The van der Waals surface area contributed by atoms with Crippen LogP contribution in [0.1, 0.15) is 23.2 Å². The minimum absolute atomic E-state index is 0.177. The molecular weight excluding hydrogens is 466 g/mol. The normalized spacial score (nSPS) is 15.3. The van der Waals surface area contributed by atoms with Gasteiger partial charge in [0.05, 0.1) is 31.7 Å². The third-order valence-corrected chi connectivity index (χ3v) is 6.07. The summed E-state index contributed by atoms with van der Waals surface area (Å²) in [4.78, 5) is 34.9. The maximum Gasteiger partial charge on any atom is 0.252 e. The number of methoxy groups -OCH3 is 2. The van der Waals surface area contributed by atoms with Gasteiger partial charge in [0.15, 0.2) is 23.1 Å². The Hall–Kier alpha value is -4.81. The van der Waals surface area contributed by atoms with Crippen LogP contribution in [0.25, 0.3) is 11.2 Å². The fourth-order valence-corrected chi connectivity index (χ4v) is 4.42. The number of hydrogen-bond donors (Lipinski definition) is 3. The lowest BCUT2D eigenvalue weighted by atomic mass is 10.1. The van der Waals surface area contributed by atoms with E-state index < -0.39 is 11.9 Å². The first-order valence-corrected chi connectivity index (χ1v) is 11.2. The number of imidazole rings is 1. The van der Waals surface area contributed by atoms with Crippen molar-refractivity contribution in [1.29, 1.82) is 0 Å². The van der Waals surface area contributed by atoms with Gasteiger partial charge >= 0.3 is 0 Å². The van der Waals surface area contributed by atoms with Gasteiger partial charge in [-0.2, -0.15) is 4.98 Å². The molecule has 5 rings (SSSR count). The van der Waals surface area contributed by atoms with Crippen molar-refractivity contribution in [2.24, 2.45) is 11.5 Å². The van der Waals surface area contributed by atoms with Crippen LogP contribution in [0, 0.1) is 0 Å². The quantitative estimate of drug-likeness (QED) is 0.328. The summed E-state index contributed by atoms with van der Waals surface area (Å²) in [5, 5.41) is 7.61. The van der Waals surface area contributed by atoms with Crippen molar-refractivity contribution >= 4 is 34.9 Å². The molecule has 1 unspecified atom stereocenters. The number of hydrogen-bond acceptors (Lipinski definition) is 9. The highest BCUT2D eigenvalue weighted by molar-refractivity contribution is 5.97. The fraction of sp³-hybridized carbons (Fsp3) is 0.261. The van der Waals surface area contributed by atoms with Gasteiger partial charge in [0.1, 0.15) is 17.9 Å². The Labute approximate surface area is 205 Å². The minimum atomic E-state index is -0.650. The molecule has 13 heteroatoms. The molecule has 186 valence electrons. The second kappa shape index (κ2) is 9.09. The molecule has 4 heterocycles. The number of ether oxygens (including phenoxy) is 2. The standard InChI is InChI=1S/C23H25N9O4/c1-35-17-10-13(9-14(20(24)33)19(17)36-2)30-11-18(26-12-30)27-23-28-22(16-6-4-8-32(16)29-23)31-7-3-5-15(31)21(25)34/h4,6,8-12,15H,3,5,7H2,1-2H3,(H2,24,33)(H2,25,34)(H,27,29). The van der Waals surface area contributed by atoms with E-state index >= 15 is 0 Å². The smallest absolute Gasteiger partial charge is 0.252 e. The summed E-state index contributed by atoms with van der Waals surface area (Å²) >= 11 is 0. The molecule has 1 aliphatic rings. The molecule has 2 amide bonds. The number of nitrogens with zero attached hydrogens (tertiary/aromatic N) is 6. The van der Waals surface area contributed by atoms with Gasteiger partial charge in [-0.1, -0.05) is 0 Å². The number of primary amides is 2. The SMILES string of the molecule is COc1cc(-n2cnc(Nc3nc(N4CCCC4C(N)=O)c4cccn4n3)c2)cc(C(N)=O)c1OC. The number of benzene rings is 1. The van der Waals surface area contributed by atoms with Gasteiger partial charge in [-0.25, -0.2) is 9.50 Å². The number of nitrogens with one attached hydrogen (secondary N) is 1. The van der Waals surface area contributed by atoms with Crippen LogP contribution in [-0.2, 0) is 4.79 Å². The Morgan fingerprint density at radius 1 is 1.19 bits per heavy atom. The summed E-state index contributed by atoms with van der Waals surface area (Å²) in [6.45, 7) is 0.668. The third kappa shape index (κ3) is 4.00. The van der Waals surface area contributed by atoms with Crippen LogP contribution in [-0.4, -0.2) is 62.8 Å². The number of carbonyl (C=O) groups is 2. The van der Waals surface area contributed by atoms with Crippen molar-refractivity contribution in [2.45, 2.75) is 18.9 Å². The highest BCUT2D eigenvalue weighted by Crippen LogP contribution is 2.34. The summed E-state index contributed by atoms with van der Waals surface area (Å²) in [5.41, 5.74) is 12.7. The zero-order valence-electron chi connectivity index (χ0n) is 19.7. The Kier molecular flexibility index (Phi) is 5.80. The van der Waals surface area contributed by atoms with Crippen LogP contribution in [0.3, 0.4) is 0 Å². The number of nitrogens with two attached hydrogens (primary N) is 2. The summed E-state index contributed by atoms with van der Waals surface area (Å²) in [6.07, 6.45) is 6.59. The van der Waals surface area contributed by atoms with Gasteiger partial charge in [-0.15, -0.1) is 5.10 Å². The van der Waals surface area contributed by atoms with Crippen molar-refractivity contribution in [3.8, 4) is 17.2 Å². The van der Waals surface area contributed by atoms with E-state index in [0.29, 0.717) is 42.0 Å². The van der Waals surface area contributed by atoms with Crippen molar-refractivity contribution in [1.82, 2.24) is 24.1 Å². The first-order chi connectivity index (χ1) is 17.4. The number of fused-ring (bicyclic) bond motifs is 1. The van der Waals surface area contributed by atoms with Crippen LogP contribution in [0.5, 0.6) is 11.5 Å². The highest BCUT2D eigenvalue weighted by atomic mass is 16.5. The Bertz CT molecular complexity index is 1460. The largest absolute Gasteiger partial charge is 0.493 e. The topological polar surface area (TPSA) is 168 Å². The summed E-state index contributed by atoms with van der Waals surface area (Å²) in [6, 6.07) is 6.61. The number of rotatable bonds is 8. The van der Waals surface area contributed by atoms with E-state index in [2.05, 4.69) is 20.4 Å². The number of carbonyl (C=O) groups excluding carboxylic acids is 2. The van der Waals surface area contributed by atoms with E-state index in [1.165, 1.54) is 14.2 Å². The van der Waals surface area contributed by atoms with Crippen molar-refractivity contribution in [2.75, 3.05) is 31.0 Å². The highest BCUT2D eigenvalue weighted by Gasteiger charge is 2.32. The molecule has 0 bridgehead atoms. The van der Waals surface area contributed by atoms with Crippen LogP contribution < -0.4 is 31.2 Å². The average Bonchev–Trinajstić information content (AvgIpc) is 3.63. The molecule has 5 N–H and O–H groups in total. The van der Waals surface area contributed by atoms with Crippen LogP contribution in [0.4, 0.5) is 17.6 Å². The molecule has 0 spiro atoms. The maximum atomic E-state index is 12.0. The molecule has 1 aliphatic heterocycles.